The van der Waals surface area contributed by atoms with E-state index in [0.29, 0.717) is 6.54 Å². The molecule has 1 aliphatic rings. The maximum Gasteiger partial charge on any atom is 0.330 e. The van der Waals surface area contributed by atoms with Gasteiger partial charge in [-0.25, -0.2) is 4.79 Å². The molecule has 0 bridgehead atoms. The Kier molecular flexibility index (Phi) is 6.86. The highest BCUT2D eigenvalue weighted by molar-refractivity contribution is 6.22. The molecule has 4 amide bonds. The first-order valence-electron chi connectivity index (χ1n) is 8.94. The third-order valence-electron chi connectivity index (χ3n) is 4.14. The van der Waals surface area contributed by atoms with Gasteiger partial charge in [-0.15, -0.1) is 0 Å². The third kappa shape index (κ3) is 4.54. The molecular weight excluding hydrogens is 366 g/mol. The number of esters is 1. The number of hydrogen-bond donors (Lipinski definition) is 2. The maximum absolute atomic E-state index is 12.6. The number of benzene rings is 1. The van der Waals surface area contributed by atoms with Crippen molar-refractivity contribution in [2.75, 3.05) is 19.7 Å². The van der Waals surface area contributed by atoms with Crippen molar-refractivity contribution in [3.05, 3.63) is 35.4 Å². The van der Waals surface area contributed by atoms with Gasteiger partial charge in [-0.2, -0.15) is 0 Å². The van der Waals surface area contributed by atoms with Gasteiger partial charge in [-0.05, 0) is 25.0 Å². The van der Waals surface area contributed by atoms with Crippen LogP contribution in [0.2, 0.25) is 0 Å². The zero-order valence-corrected chi connectivity index (χ0v) is 16.0. The quantitative estimate of drug-likeness (QED) is 0.480. The lowest BCUT2D eigenvalue weighted by Gasteiger charge is -2.27. The molecule has 9 nitrogen and oxygen atoms in total. The Bertz CT molecular complexity index is 770. The van der Waals surface area contributed by atoms with E-state index in [-0.39, 0.29) is 23.6 Å². The molecule has 0 fully saturated rings. The fourth-order valence-corrected chi connectivity index (χ4v) is 2.85. The van der Waals surface area contributed by atoms with Crippen LogP contribution in [0.15, 0.2) is 24.3 Å². The molecule has 0 spiro atoms. The van der Waals surface area contributed by atoms with Crippen LogP contribution in [0, 0.1) is 5.92 Å². The molecule has 28 heavy (non-hydrogen) atoms. The summed E-state index contributed by atoms with van der Waals surface area (Å²) in [7, 11) is 0. The molecule has 0 aliphatic carbocycles. The number of nitrogens with one attached hydrogen (secondary N) is 2. The van der Waals surface area contributed by atoms with Crippen molar-refractivity contribution in [1.82, 2.24) is 15.5 Å². The molecule has 9 heteroatoms. The molecule has 2 N–H and O–H groups in total. The van der Waals surface area contributed by atoms with Crippen molar-refractivity contribution < 1.29 is 28.7 Å². The second kappa shape index (κ2) is 9.12. The molecule has 1 atom stereocenters. The minimum absolute atomic E-state index is 0.227. The van der Waals surface area contributed by atoms with Crippen LogP contribution >= 0.6 is 0 Å². The number of likely N-dealkylation sites (N-methyl/N-ethyl adjacent to an activating group) is 1. The van der Waals surface area contributed by atoms with Crippen molar-refractivity contribution in [2.24, 2.45) is 5.92 Å². The minimum Gasteiger partial charge on any atom is -0.454 e. The molecule has 1 aromatic carbocycles. The Labute approximate surface area is 162 Å². The number of rotatable bonds is 8. The lowest BCUT2D eigenvalue weighted by molar-refractivity contribution is -0.153. The number of nitrogens with zero attached hydrogens (tertiary/aromatic N) is 1. The highest BCUT2D eigenvalue weighted by atomic mass is 16.5. The van der Waals surface area contributed by atoms with Crippen molar-refractivity contribution >= 4 is 29.6 Å². The van der Waals surface area contributed by atoms with Crippen LogP contribution in [-0.4, -0.2) is 60.2 Å². The Balaban J connectivity index is 2.02. The van der Waals surface area contributed by atoms with Gasteiger partial charge >= 0.3 is 5.97 Å². The number of carbonyl (C=O) groups is 5. The fourth-order valence-electron chi connectivity index (χ4n) is 2.85. The van der Waals surface area contributed by atoms with E-state index in [1.165, 1.54) is 12.1 Å². The summed E-state index contributed by atoms with van der Waals surface area (Å²) in [6, 6.07) is 5.15. The summed E-state index contributed by atoms with van der Waals surface area (Å²) < 4.78 is 5.00. The topological polar surface area (TPSA) is 122 Å². The van der Waals surface area contributed by atoms with E-state index in [1.54, 1.807) is 32.9 Å². The first-order valence-corrected chi connectivity index (χ1v) is 8.94. The maximum atomic E-state index is 12.6. The van der Waals surface area contributed by atoms with Crippen LogP contribution in [0.5, 0.6) is 0 Å². The number of amides is 4. The Morgan fingerprint density at radius 2 is 1.57 bits per heavy atom. The van der Waals surface area contributed by atoms with E-state index < -0.39 is 42.3 Å². The molecule has 0 saturated heterocycles. The van der Waals surface area contributed by atoms with E-state index in [4.69, 9.17) is 4.74 Å². The number of carbonyl (C=O) groups excluding carboxylic acids is 5. The SMILES string of the molecule is CCNC(=O)CNC(=O)COC(=O)[C@H](C(C)C)N1C(=O)c2ccccc2C1=O. The zero-order valence-electron chi connectivity index (χ0n) is 16.0. The van der Waals surface area contributed by atoms with Crippen molar-refractivity contribution in [2.45, 2.75) is 26.8 Å². The van der Waals surface area contributed by atoms with Crippen molar-refractivity contribution in [3.8, 4) is 0 Å². The van der Waals surface area contributed by atoms with Crippen molar-refractivity contribution in [1.29, 1.82) is 0 Å². The predicted octanol–water partition coefficient (Wildman–Crippen LogP) is 0.103. The van der Waals surface area contributed by atoms with E-state index in [9.17, 15) is 24.0 Å². The van der Waals surface area contributed by atoms with E-state index in [0.717, 1.165) is 4.90 Å². The van der Waals surface area contributed by atoms with Gasteiger partial charge in [-0.1, -0.05) is 26.0 Å². The molecule has 0 saturated carbocycles. The van der Waals surface area contributed by atoms with E-state index in [1.807, 2.05) is 0 Å². The summed E-state index contributed by atoms with van der Waals surface area (Å²) in [6.07, 6.45) is 0. The second-order valence-corrected chi connectivity index (χ2v) is 6.55. The number of hydrogen-bond acceptors (Lipinski definition) is 6. The molecule has 1 aliphatic heterocycles. The highest BCUT2D eigenvalue weighted by Gasteiger charge is 2.44. The van der Waals surface area contributed by atoms with Crippen LogP contribution < -0.4 is 10.6 Å². The van der Waals surface area contributed by atoms with Crippen LogP contribution in [0.3, 0.4) is 0 Å². The number of fused-ring (bicyclic) bond motifs is 1. The average molecular weight is 389 g/mol. The van der Waals surface area contributed by atoms with Gasteiger partial charge in [-0.3, -0.25) is 24.1 Å². The molecule has 1 heterocycles. The van der Waals surface area contributed by atoms with Gasteiger partial charge in [0.1, 0.15) is 6.04 Å². The normalized spacial score (nSPS) is 13.9. The van der Waals surface area contributed by atoms with Gasteiger partial charge in [0.25, 0.3) is 17.7 Å². The average Bonchev–Trinajstić information content (AvgIpc) is 2.90. The Morgan fingerprint density at radius 3 is 2.07 bits per heavy atom. The zero-order chi connectivity index (χ0) is 20.8. The van der Waals surface area contributed by atoms with Gasteiger partial charge in [0.2, 0.25) is 5.91 Å². The van der Waals surface area contributed by atoms with Crippen LogP contribution in [0.4, 0.5) is 0 Å². The third-order valence-corrected chi connectivity index (χ3v) is 4.14. The largest absolute Gasteiger partial charge is 0.454 e. The predicted molar refractivity (Wildman–Crippen MR) is 98.2 cm³/mol. The van der Waals surface area contributed by atoms with Gasteiger partial charge in [0.15, 0.2) is 6.61 Å². The lowest BCUT2D eigenvalue weighted by atomic mass is 10.0. The van der Waals surface area contributed by atoms with E-state index >= 15 is 0 Å². The summed E-state index contributed by atoms with van der Waals surface area (Å²) in [5.41, 5.74) is 0.455. The van der Waals surface area contributed by atoms with Crippen LogP contribution in [0.1, 0.15) is 41.5 Å². The summed E-state index contributed by atoms with van der Waals surface area (Å²) >= 11 is 0. The lowest BCUT2D eigenvalue weighted by Crippen LogP contribution is -2.49. The first kappa shape index (κ1) is 21.1. The summed E-state index contributed by atoms with van der Waals surface area (Å²) in [5.74, 6) is -3.46. The molecule has 0 aromatic heterocycles. The molecular formula is C19H23N3O6. The number of imide groups is 1. The molecule has 0 radical (unpaired) electrons. The second-order valence-electron chi connectivity index (χ2n) is 6.55. The van der Waals surface area contributed by atoms with Gasteiger partial charge in [0, 0.05) is 6.54 Å². The Morgan fingerprint density at radius 1 is 1.00 bits per heavy atom. The van der Waals surface area contributed by atoms with Crippen molar-refractivity contribution in [3.63, 3.8) is 0 Å². The molecule has 0 unspecified atom stereocenters. The minimum atomic E-state index is -1.16. The standard InChI is InChI=1S/C19H23N3O6/c1-4-20-14(23)9-21-15(24)10-28-19(27)16(11(2)3)22-17(25)12-7-5-6-8-13(12)18(22)26/h5-8,11,16H,4,9-10H2,1-3H3,(H,20,23)(H,21,24)/t16-/m0/s1. The highest BCUT2D eigenvalue weighted by Crippen LogP contribution is 2.27. The molecule has 150 valence electrons. The smallest absolute Gasteiger partial charge is 0.330 e. The number of ether oxygens (including phenoxy) is 1. The molecule has 2 rings (SSSR count). The summed E-state index contributed by atoms with van der Waals surface area (Å²) in [5, 5.41) is 4.83. The summed E-state index contributed by atoms with van der Waals surface area (Å²) in [4.78, 5) is 61.7. The Hall–Kier alpha value is -3.23. The molecule has 1 aromatic rings. The van der Waals surface area contributed by atoms with Gasteiger partial charge < -0.3 is 15.4 Å². The monoisotopic (exact) mass is 389 g/mol. The van der Waals surface area contributed by atoms with Crippen LogP contribution in [-0.2, 0) is 19.1 Å². The fraction of sp³-hybridized carbons (Fsp3) is 0.421. The van der Waals surface area contributed by atoms with Gasteiger partial charge in [0.05, 0.1) is 17.7 Å². The van der Waals surface area contributed by atoms with Crippen LogP contribution in [0.25, 0.3) is 0 Å². The summed E-state index contributed by atoms with van der Waals surface area (Å²) in [6.45, 7) is 4.66. The first-order chi connectivity index (χ1) is 13.3. The van der Waals surface area contributed by atoms with E-state index in [2.05, 4.69) is 10.6 Å².